The highest BCUT2D eigenvalue weighted by Gasteiger charge is 2.47. The lowest BCUT2D eigenvalue weighted by atomic mass is 9.94. The van der Waals surface area contributed by atoms with E-state index in [2.05, 4.69) is 4.98 Å². The number of aryl methyl sites for hydroxylation is 4. The number of aliphatic hydroxyl groups is 1. The van der Waals surface area contributed by atoms with Gasteiger partial charge in [-0.2, -0.15) is 0 Å². The molecule has 5 nitrogen and oxygen atoms in total. The zero-order valence-electron chi connectivity index (χ0n) is 18.0. The molecule has 1 amide bonds. The Morgan fingerprint density at radius 2 is 1.71 bits per heavy atom. The highest BCUT2D eigenvalue weighted by molar-refractivity contribution is 6.51. The highest BCUT2D eigenvalue weighted by Crippen LogP contribution is 2.43. The summed E-state index contributed by atoms with van der Waals surface area (Å²) >= 11 is 0. The maximum Gasteiger partial charge on any atom is 0.300 e. The lowest BCUT2D eigenvalue weighted by Gasteiger charge is -2.26. The maximum atomic E-state index is 13.2. The summed E-state index contributed by atoms with van der Waals surface area (Å²) in [4.78, 5) is 32.0. The van der Waals surface area contributed by atoms with Crippen molar-refractivity contribution in [3.8, 4) is 0 Å². The topological polar surface area (TPSA) is 70.5 Å². The van der Waals surface area contributed by atoms with Gasteiger partial charge >= 0.3 is 0 Å². The number of ketones is 1. The number of anilines is 1. The Morgan fingerprint density at radius 3 is 2.35 bits per heavy atom. The van der Waals surface area contributed by atoms with Crippen LogP contribution in [-0.4, -0.2) is 21.8 Å². The van der Waals surface area contributed by atoms with Gasteiger partial charge in [0.15, 0.2) is 0 Å². The van der Waals surface area contributed by atoms with E-state index in [0.29, 0.717) is 16.8 Å². The first-order chi connectivity index (χ1) is 14.8. The highest BCUT2D eigenvalue weighted by atomic mass is 16.3. The van der Waals surface area contributed by atoms with Crippen LogP contribution in [0.4, 0.5) is 5.69 Å². The standard InChI is InChI=1S/C26H24N2O3/c1-15-7-10-21(18(4)12-15)28-23(20-6-5-11-27-14-20)22(25(30)26(28)31)24(29)19-9-8-16(2)17(3)13-19/h5-14,23,29H,1-4H3/b24-22+. The molecule has 4 rings (SSSR count). The van der Waals surface area contributed by atoms with E-state index < -0.39 is 17.7 Å². The summed E-state index contributed by atoms with van der Waals surface area (Å²) in [7, 11) is 0. The summed E-state index contributed by atoms with van der Waals surface area (Å²) in [6, 6.07) is 14.0. The van der Waals surface area contributed by atoms with Gasteiger partial charge in [-0.3, -0.25) is 19.5 Å². The van der Waals surface area contributed by atoms with Gasteiger partial charge in [-0.25, -0.2) is 0 Å². The number of hydrogen-bond donors (Lipinski definition) is 1. The molecule has 1 atom stereocenters. The number of nitrogens with zero attached hydrogens (tertiary/aromatic N) is 2. The Kier molecular flexibility index (Phi) is 5.19. The molecule has 2 heterocycles. The molecule has 3 aromatic rings. The largest absolute Gasteiger partial charge is 0.507 e. The first-order valence-corrected chi connectivity index (χ1v) is 10.2. The molecule has 1 unspecified atom stereocenters. The molecule has 1 aliphatic heterocycles. The lowest BCUT2D eigenvalue weighted by Crippen LogP contribution is -2.30. The van der Waals surface area contributed by atoms with Crippen LogP contribution in [-0.2, 0) is 9.59 Å². The van der Waals surface area contributed by atoms with Crippen molar-refractivity contribution in [1.29, 1.82) is 0 Å². The van der Waals surface area contributed by atoms with Gasteiger partial charge < -0.3 is 5.11 Å². The molecule has 156 valence electrons. The van der Waals surface area contributed by atoms with Crippen LogP contribution in [0.1, 0.15) is 39.4 Å². The summed E-state index contributed by atoms with van der Waals surface area (Å²) in [5.41, 5.74) is 5.89. The summed E-state index contributed by atoms with van der Waals surface area (Å²) < 4.78 is 0. The average molecular weight is 412 g/mol. The van der Waals surface area contributed by atoms with Gasteiger partial charge in [0.25, 0.3) is 11.7 Å². The first kappa shape index (κ1) is 20.5. The van der Waals surface area contributed by atoms with E-state index in [9.17, 15) is 14.7 Å². The van der Waals surface area contributed by atoms with Crippen molar-refractivity contribution in [2.24, 2.45) is 0 Å². The Balaban J connectivity index is 1.97. The fourth-order valence-electron chi connectivity index (χ4n) is 4.05. The third kappa shape index (κ3) is 3.52. The summed E-state index contributed by atoms with van der Waals surface area (Å²) in [5, 5.41) is 11.2. The van der Waals surface area contributed by atoms with E-state index in [1.54, 1.807) is 24.5 Å². The van der Waals surface area contributed by atoms with Crippen molar-refractivity contribution in [1.82, 2.24) is 4.98 Å². The normalized spacial score (nSPS) is 17.9. The number of carbonyl (C=O) groups is 2. The quantitative estimate of drug-likeness (QED) is 0.376. The van der Waals surface area contributed by atoms with Crippen molar-refractivity contribution in [3.05, 3.63) is 99.9 Å². The van der Waals surface area contributed by atoms with Crippen LogP contribution in [0, 0.1) is 27.7 Å². The maximum absolute atomic E-state index is 13.2. The molecular formula is C26H24N2O3. The van der Waals surface area contributed by atoms with Crippen LogP contribution in [0.25, 0.3) is 5.76 Å². The van der Waals surface area contributed by atoms with E-state index in [-0.39, 0.29) is 11.3 Å². The molecule has 1 fully saturated rings. The average Bonchev–Trinajstić information content (AvgIpc) is 3.01. The molecule has 0 saturated carbocycles. The SMILES string of the molecule is Cc1ccc(N2C(=O)C(=O)/C(=C(/O)c3ccc(C)c(C)c3)C2c2cccnc2)c(C)c1. The van der Waals surface area contributed by atoms with E-state index in [0.717, 1.165) is 22.3 Å². The van der Waals surface area contributed by atoms with E-state index in [4.69, 9.17) is 0 Å². The van der Waals surface area contributed by atoms with Gasteiger partial charge in [0.2, 0.25) is 0 Å². The minimum absolute atomic E-state index is 0.0706. The Hall–Kier alpha value is -3.73. The number of aliphatic hydroxyl groups excluding tert-OH is 1. The zero-order valence-corrected chi connectivity index (χ0v) is 18.0. The lowest BCUT2D eigenvalue weighted by molar-refractivity contribution is -0.132. The second-order valence-corrected chi connectivity index (χ2v) is 8.04. The van der Waals surface area contributed by atoms with Gasteiger partial charge in [-0.15, -0.1) is 0 Å². The molecule has 0 bridgehead atoms. The minimum Gasteiger partial charge on any atom is -0.507 e. The fraction of sp³-hybridized carbons (Fsp3) is 0.192. The molecule has 5 heteroatoms. The number of hydrogen-bond acceptors (Lipinski definition) is 4. The number of aromatic nitrogens is 1. The molecule has 0 spiro atoms. The smallest absolute Gasteiger partial charge is 0.300 e. The van der Waals surface area contributed by atoms with Gasteiger partial charge in [0, 0.05) is 23.6 Å². The Morgan fingerprint density at radius 1 is 0.935 bits per heavy atom. The predicted molar refractivity (Wildman–Crippen MR) is 121 cm³/mol. The van der Waals surface area contributed by atoms with E-state index in [1.807, 2.05) is 64.1 Å². The molecule has 1 aliphatic rings. The number of rotatable bonds is 3. The number of benzene rings is 2. The number of Topliss-reactive ketones (excluding diaryl/α,β-unsaturated/α-hetero) is 1. The molecule has 1 aromatic heterocycles. The molecule has 1 saturated heterocycles. The third-order valence-corrected chi connectivity index (χ3v) is 5.84. The van der Waals surface area contributed by atoms with Gasteiger partial charge in [-0.05, 0) is 68.1 Å². The number of carbonyl (C=O) groups excluding carboxylic acids is 2. The number of amides is 1. The van der Waals surface area contributed by atoms with Crippen molar-refractivity contribution in [2.45, 2.75) is 33.7 Å². The van der Waals surface area contributed by atoms with Crippen LogP contribution < -0.4 is 4.90 Å². The molecule has 0 aliphatic carbocycles. The van der Waals surface area contributed by atoms with Gasteiger partial charge in [0.05, 0.1) is 11.6 Å². The van der Waals surface area contributed by atoms with Gasteiger partial charge in [0.1, 0.15) is 5.76 Å². The van der Waals surface area contributed by atoms with Crippen LogP contribution >= 0.6 is 0 Å². The van der Waals surface area contributed by atoms with Crippen molar-refractivity contribution in [3.63, 3.8) is 0 Å². The van der Waals surface area contributed by atoms with Crippen LogP contribution in [0.2, 0.25) is 0 Å². The Labute approximate surface area is 181 Å². The molecule has 0 radical (unpaired) electrons. The second-order valence-electron chi connectivity index (χ2n) is 8.04. The third-order valence-electron chi connectivity index (χ3n) is 5.84. The zero-order chi connectivity index (χ0) is 22.3. The van der Waals surface area contributed by atoms with Crippen LogP contribution in [0.3, 0.4) is 0 Å². The van der Waals surface area contributed by atoms with Crippen molar-refractivity contribution in [2.75, 3.05) is 4.90 Å². The second kappa shape index (κ2) is 7.84. The van der Waals surface area contributed by atoms with Crippen LogP contribution in [0.5, 0.6) is 0 Å². The summed E-state index contributed by atoms with van der Waals surface area (Å²) in [6.07, 6.45) is 3.26. The van der Waals surface area contributed by atoms with Crippen molar-refractivity contribution < 1.29 is 14.7 Å². The monoisotopic (exact) mass is 412 g/mol. The molecule has 2 aromatic carbocycles. The molecule has 1 N–H and O–H groups in total. The first-order valence-electron chi connectivity index (χ1n) is 10.2. The van der Waals surface area contributed by atoms with Gasteiger partial charge in [-0.1, -0.05) is 35.9 Å². The molecular weight excluding hydrogens is 388 g/mol. The summed E-state index contributed by atoms with van der Waals surface area (Å²) in [5.74, 6) is -1.54. The minimum atomic E-state index is -0.767. The predicted octanol–water partition coefficient (Wildman–Crippen LogP) is 4.94. The van der Waals surface area contributed by atoms with E-state index >= 15 is 0 Å². The van der Waals surface area contributed by atoms with Crippen LogP contribution in [0.15, 0.2) is 66.5 Å². The number of pyridine rings is 1. The fourth-order valence-corrected chi connectivity index (χ4v) is 4.05. The summed E-state index contributed by atoms with van der Waals surface area (Å²) in [6.45, 7) is 7.81. The van der Waals surface area contributed by atoms with Crippen molar-refractivity contribution >= 4 is 23.1 Å². The van der Waals surface area contributed by atoms with E-state index in [1.165, 1.54) is 4.90 Å². The Bertz CT molecular complexity index is 1230. The molecule has 31 heavy (non-hydrogen) atoms.